The lowest BCUT2D eigenvalue weighted by Crippen LogP contribution is -2.50. The highest BCUT2D eigenvalue weighted by molar-refractivity contribution is 6.07. The Hall–Kier alpha value is -3.80. The SMILES string of the molecule is Cc1nc2ccc(C(=O)N3CCN(C(=O)c4cccc5ccccc45)CC3)cc2nc1C. The number of aromatic nitrogens is 2. The van der Waals surface area contributed by atoms with E-state index in [1.807, 2.05) is 84.3 Å². The highest BCUT2D eigenvalue weighted by Gasteiger charge is 2.26. The molecule has 0 saturated carbocycles. The van der Waals surface area contributed by atoms with Crippen molar-refractivity contribution in [2.45, 2.75) is 13.8 Å². The van der Waals surface area contributed by atoms with E-state index >= 15 is 0 Å². The molecule has 5 rings (SSSR count). The third-order valence-electron chi connectivity index (χ3n) is 6.20. The van der Waals surface area contributed by atoms with E-state index in [2.05, 4.69) is 9.97 Å². The first-order valence-electron chi connectivity index (χ1n) is 10.8. The van der Waals surface area contributed by atoms with Crippen LogP contribution in [-0.4, -0.2) is 57.8 Å². The number of carbonyl (C=O) groups is 2. The van der Waals surface area contributed by atoms with E-state index in [9.17, 15) is 9.59 Å². The summed E-state index contributed by atoms with van der Waals surface area (Å²) in [5.74, 6) is -0.0232. The maximum Gasteiger partial charge on any atom is 0.254 e. The smallest absolute Gasteiger partial charge is 0.254 e. The minimum Gasteiger partial charge on any atom is -0.335 e. The third-order valence-corrected chi connectivity index (χ3v) is 6.20. The van der Waals surface area contributed by atoms with Crippen LogP contribution in [0.3, 0.4) is 0 Å². The van der Waals surface area contributed by atoms with E-state index < -0.39 is 0 Å². The van der Waals surface area contributed by atoms with Gasteiger partial charge in [-0.15, -0.1) is 0 Å². The molecular formula is C26H24N4O2. The predicted octanol–water partition coefficient (Wildman–Crippen LogP) is 4.00. The second-order valence-corrected chi connectivity index (χ2v) is 8.21. The van der Waals surface area contributed by atoms with Crippen molar-refractivity contribution < 1.29 is 9.59 Å². The third kappa shape index (κ3) is 3.58. The Kier molecular flexibility index (Phi) is 5.05. The Morgan fingerprint density at radius 1 is 0.719 bits per heavy atom. The first kappa shape index (κ1) is 20.1. The number of fused-ring (bicyclic) bond motifs is 2. The molecule has 1 aliphatic rings. The molecule has 0 atom stereocenters. The van der Waals surface area contributed by atoms with E-state index in [0.29, 0.717) is 37.3 Å². The molecule has 1 fully saturated rings. The Labute approximate surface area is 186 Å². The van der Waals surface area contributed by atoms with Gasteiger partial charge >= 0.3 is 0 Å². The van der Waals surface area contributed by atoms with E-state index in [-0.39, 0.29) is 11.8 Å². The van der Waals surface area contributed by atoms with Crippen LogP contribution in [0, 0.1) is 13.8 Å². The molecule has 1 saturated heterocycles. The van der Waals surface area contributed by atoms with Crippen LogP contribution in [0.1, 0.15) is 32.1 Å². The number of benzene rings is 3. The quantitative estimate of drug-likeness (QED) is 0.488. The van der Waals surface area contributed by atoms with E-state index in [4.69, 9.17) is 0 Å². The Morgan fingerprint density at radius 3 is 2.09 bits per heavy atom. The summed E-state index contributed by atoms with van der Waals surface area (Å²) in [6, 6.07) is 19.2. The van der Waals surface area contributed by atoms with Crippen LogP contribution < -0.4 is 0 Å². The Bertz CT molecular complexity index is 1350. The van der Waals surface area contributed by atoms with Crippen molar-refractivity contribution in [2.24, 2.45) is 0 Å². The number of carbonyl (C=O) groups excluding carboxylic acids is 2. The highest BCUT2D eigenvalue weighted by Crippen LogP contribution is 2.21. The first-order valence-corrected chi connectivity index (χ1v) is 10.8. The zero-order chi connectivity index (χ0) is 22.2. The van der Waals surface area contributed by atoms with Gasteiger partial charge in [0, 0.05) is 37.3 Å². The van der Waals surface area contributed by atoms with Crippen molar-refractivity contribution in [2.75, 3.05) is 26.2 Å². The summed E-state index contributed by atoms with van der Waals surface area (Å²) in [5.41, 5.74) is 4.58. The average molecular weight is 425 g/mol. The number of aryl methyl sites for hydroxylation is 2. The van der Waals surface area contributed by atoms with Gasteiger partial charge in [-0.05, 0) is 48.9 Å². The summed E-state index contributed by atoms with van der Waals surface area (Å²) >= 11 is 0. The van der Waals surface area contributed by atoms with Gasteiger partial charge in [0.1, 0.15) is 0 Å². The van der Waals surface area contributed by atoms with Crippen molar-refractivity contribution in [3.8, 4) is 0 Å². The van der Waals surface area contributed by atoms with Crippen LogP contribution in [0.4, 0.5) is 0 Å². The van der Waals surface area contributed by atoms with Crippen LogP contribution in [0.2, 0.25) is 0 Å². The molecule has 1 aromatic heterocycles. The maximum atomic E-state index is 13.2. The fourth-order valence-corrected chi connectivity index (χ4v) is 4.24. The van der Waals surface area contributed by atoms with Crippen LogP contribution in [0.5, 0.6) is 0 Å². The fraction of sp³-hybridized carbons (Fsp3) is 0.231. The minimum absolute atomic E-state index is 0.0146. The zero-order valence-corrected chi connectivity index (χ0v) is 18.2. The van der Waals surface area contributed by atoms with E-state index in [0.717, 1.165) is 33.2 Å². The number of hydrogen-bond acceptors (Lipinski definition) is 4. The molecule has 2 heterocycles. The lowest BCUT2D eigenvalue weighted by Gasteiger charge is -2.35. The van der Waals surface area contributed by atoms with Crippen molar-refractivity contribution >= 4 is 33.6 Å². The van der Waals surface area contributed by atoms with Crippen LogP contribution in [-0.2, 0) is 0 Å². The lowest BCUT2D eigenvalue weighted by molar-refractivity contribution is 0.0536. The summed E-state index contributed by atoms with van der Waals surface area (Å²) in [6.45, 7) is 5.89. The number of piperazine rings is 1. The molecule has 1 aliphatic heterocycles. The number of hydrogen-bond donors (Lipinski definition) is 0. The fourth-order valence-electron chi connectivity index (χ4n) is 4.24. The van der Waals surface area contributed by atoms with Crippen LogP contribution >= 0.6 is 0 Å². The molecule has 6 heteroatoms. The van der Waals surface area contributed by atoms with Crippen LogP contribution in [0.15, 0.2) is 60.7 Å². The van der Waals surface area contributed by atoms with Gasteiger partial charge in [-0.1, -0.05) is 36.4 Å². The molecule has 4 aromatic rings. The largest absolute Gasteiger partial charge is 0.335 e. The normalized spacial score (nSPS) is 14.2. The van der Waals surface area contributed by atoms with Crippen molar-refractivity contribution in [1.82, 2.24) is 19.8 Å². The minimum atomic E-state index is -0.0378. The number of nitrogens with zero attached hydrogens (tertiary/aromatic N) is 4. The molecular weight excluding hydrogens is 400 g/mol. The standard InChI is InChI=1S/C26H24N4O2/c1-17-18(2)28-24-16-20(10-11-23(24)27-17)25(31)29-12-14-30(15-13-29)26(32)22-9-5-7-19-6-3-4-8-21(19)22/h3-11,16H,12-15H2,1-2H3. The van der Waals surface area contributed by atoms with Crippen LogP contribution in [0.25, 0.3) is 21.8 Å². The monoisotopic (exact) mass is 424 g/mol. The molecule has 160 valence electrons. The van der Waals surface area contributed by atoms with Gasteiger partial charge in [0.05, 0.1) is 22.4 Å². The first-order chi connectivity index (χ1) is 15.5. The molecule has 0 radical (unpaired) electrons. The predicted molar refractivity (Wildman–Crippen MR) is 125 cm³/mol. The summed E-state index contributed by atoms with van der Waals surface area (Å²) in [4.78, 5) is 39.0. The van der Waals surface area contributed by atoms with Crippen molar-refractivity contribution in [3.63, 3.8) is 0 Å². The Balaban J connectivity index is 1.31. The van der Waals surface area contributed by atoms with Crippen molar-refractivity contribution in [3.05, 3.63) is 83.2 Å². The second kappa shape index (κ2) is 8.04. The van der Waals surface area contributed by atoms with Gasteiger partial charge in [0.15, 0.2) is 0 Å². The molecule has 32 heavy (non-hydrogen) atoms. The molecule has 2 amide bonds. The Morgan fingerprint density at radius 2 is 1.34 bits per heavy atom. The van der Waals surface area contributed by atoms with Gasteiger partial charge in [-0.2, -0.15) is 0 Å². The maximum absolute atomic E-state index is 13.2. The highest BCUT2D eigenvalue weighted by atomic mass is 16.2. The zero-order valence-electron chi connectivity index (χ0n) is 18.2. The molecule has 3 aromatic carbocycles. The molecule has 0 N–H and O–H groups in total. The molecule has 0 bridgehead atoms. The average Bonchev–Trinajstić information content (AvgIpc) is 2.83. The molecule has 0 unspecified atom stereocenters. The van der Waals surface area contributed by atoms with E-state index in [1.54, 1.807) is 0 Å². The summed E-state index contributed by atoms with van der Waals surface area (Å²) < 4.78 is 0. The number of amides is 2. The van der Waals surface area contributed by atoms with Crippen molar-refractivity contribution in [1.29, 1.82) is 0 Å². The van der Waals surface area contributed by atoms with Gasteiger partial charge in [-0.25, -0.2) is 9.97 Å². The van der Waals surface area contributed by atoms with Gasteiger partial charge in [-0.3, -0.25) is 9.59 Å². The lowest BCUT2D eigenvalue weighted by atomic mass is 10.0. The number of rotatable bonds is 2. The van der Waals surface area contributed by atoms with Gasteiger partial charge in [0.25, 0.3) is 11.8 Å². The summed E-state index contributed by atoms with van der Waals surface area (Å²) in [6.07, 6.45) is 0. The topological polar surface area (TPSA) is 66.4 Å². The molecule has 6 nitrogen and oxygen atoms in total. The van der Waals surface area contributed by atoms with E-state index in [1.165, 1.54) is 0 Å². The molecule has 0 aliphatic carbocycles. The second-order valence-electron chi connectivity index (χ2n) is 8.21. The summed E-state index contributed by atoms with van der Waals surface area (Å²) in [7, 11) is 0. The molecule has 0 spiro atoms. The summed E-state index contributed by atoms with van der Waals surface area (Å²) in [5, 5.41) is 2.01. The van der Waals surface area contributed by atoms with Gasteiger partial charge in [0.2, 0.25) is 0 Å². The van der Waals surface area contributed by atoms with Gasteiger partial charge < -0.3 is 9.80 Å².